The molecule has 1 unspecified atom stereocenters. The zero-order chi connectivity index (χ0) is 20.8. The molecule has 0 radical (unpaired) electrons. The largest absolute Gasteiger partial charge is 0.481 e. The summed E-state index contributed by atoms with van der Waals surface area (Å²) in [5, 5.41) is 0. The molecule has 1 aromatic heterocycles. The van der Waals surface area contributed by atoms with Gasteiger partial charge in [0.15, 0.2) is 0 Å². The van der Waals surface area contributed by atoms with Gasteiger partial charge in [0, 0.05) is 52.3 Å². The Hall–Kier alpha value is -2.39. The molecule has 160 valence electrons. The van der Waals surface area contributed by atoms with Gasteiger partial charge in [-0.2, -0.15) is 4.98 Å². The second kappa shape index (κ2) is 9.89. The number of ether oxygens (including phenoxy) is 3. The topological polar surface area (TPSA) is 84.4 Å². The lowest BCUT2D eigenvalue weighted by molar-refractivity contribution is -0.131. The smallest absolute Gasteiger partial charge is 0.259 e. The maximum absolute atomic E-state index is 13.0. The molecular weight excluding hydrogens is 376 g/mol. The van der Waals surface area contributed by atoms with Gasteiger partial charge >= 0.3 is 0 Å². The molecule has 0 bridgehead atoms. The van der Waals surface area contributed by atoms with Gasteiger partial charge in [-0.15, -0.1) is 0 Å². The fraction of sp³-hybridized carbons (Fsp3) is 0.650. The third-order valence-corrected chi connectivity index (χ3v) is 5.52. The predicted molar refractivity (Wildman–Crippen MR) is 106 cm³/mol. The lowest BCUT2D eigenvalue weighted by Crippen LogP contribution is -2.47. The maximum atomic E-state index is 13.0. The summed E-state index contributed by atoms with van der Waals surface area (Å²) in [4.78, 5) is 35.4. The Morgan fingerprint density at radius 1 is 1.21 bits per heavy atom. The average Bonchev–Trinajstić information content (AvgIpc) is 3.23. The second-order valence-corrected chi connectivity index (χ2v) is 7.27. The molecule has 1 aromatic rings. The van der Waals surface area contributed by atoms with E-state index in [1.807, 2.05) is 4.90 Å². The van der Waals surface area contributed by atoms with E-state index in [0.29, 0.717) is 31.1 Å². The first-order valence-electron chi connectivity index (χ1n) is 9.99. The van der Waals surface area contributed by atoms with Crippen LogP contribution in [0.15, 0.2) is 12.1 Å². The molecule has 2 aliphatic heterocycles. The van der Waals surface area contributed by atoms with Crippen LogP contribution in [0.3, 0.4) is 0 Å². The van der Waals surface area contributed by atoms with E-state index < -0.39 is 0 Å². The maximum Gasteiger partial charge on any atom is 0.259 e. The molecule has 0 aliphatic carbocycles. The molecule has 9 nitrogen and oxygen atoms in total. The summed E-state index contributed by atoms with van der Waals surface area (Å²) in [5.74, 6) is 0.537. The minimum atomic E-state index is -0.142. The van der Waals surface area contributed by atoms with Gasteiger partial charge < -0.3 is 24.0 Å². The Bertz CT molecular complexity index is 723. The monoisotopic (exact) mass is 406 g/mol. The lowest BCUT2D eigenvalue weighted by Gasteiger charge is -2.32. The number of carbonyl (C=O) groups is 2. The van der Waals surface area contributed by atoms with Gasteiger partial charge in [0.05, 0.1) is 33.5 Å². The highest BCUT2D eigenvalue weighted by Gasteiger charge is 2.33. The summed E-state index contributed by atoms with van der Waals surface area (Å²) >= 11 is 0. The SMILES string of the molecule is COc1ccc(C(=O)N2CCC(N(CCN3CCOCC3)C(C)=O)C2)c(OC)n1. The third-order valence-electron chi connectivity index (χ3n) is 5.52. The summed E-state index contributed by atoms with van der Waals surface area (Å²) in [7, 11) is 3.00. The standard InChI is InChI=1S/C20H30N4O5/c1-15(25)24(9-8-22-10-12-29-13-11-22)16-6-7-23(14-16)20(26)17-4-5-18(27-2)21-19(17)28-3/h4-5,16H,6-14H2,1-3H3. The molecule has 0 spiro atoms. The first kappa shape index (κ1) is 21.3. The van der Waals surface area contributed by atoms with Gasteiger partial charge in [-0.1, -0.05) is 0 Å². The highest BCUT2D eigenvalue weighted by Crippen LogP contribution is 2.24. The zero-order valence-corrected chi connectivity index (χ0v) is 17.4. The molecular formula is C20H30N4O5. The van der Waals surface area contributed by atoms with Crippen molar-refractivity contribution < 1.29 is 23.8 Å². The molecule has 2 saturated heterocycles. The molecule has 9 heteroatoms. The van der Waals surface area contributed by atoms with Crippen molar-refractivity contribution in [1.29, 1.82) is 0 Å². The molecule has 2 aliphatic rings. The first-order valence-corrected chi connectivity index (χ1v) is 9.99. The molecule has 29 heavy (non-hydrogen) atoms. The number of rotatable bonds is 7. The van der Waals surface area contributed by atoms with E-state index in [2.05, 4.69) is 9.88 Å². The van der Waals surface area contributed by atoms with Crippen molar-refractivity contribution in [3.8, 4) is 11.8 Å². The van der Waals surface area contributed by atoms with Gasteiger partial charge in [0.25, 0.3) is 5.91 Å². The number of carbonyl (C=O) groups excluding carboxylic acids is 2. The van der Waals surface area contributed by atoms with E-state index >= 15 is 0 Å². The van der Waals surface area contributed by atoms with Crippen LogP contribution in [-0.2, 0) is 9.53 Å². The van der Waals surface area contributed by atoms with Crippen LogP contribution >= 0.6 is 0 Å². The molecule has 0 aromatic carbocycles. The molecule has 2 fully saturated rings. The van der Waals surface area contributed by atoms with Crippen LogP contribution in [0.4, 0.5) is 0 Å². The van der Waals surface area contributed by atoms with Crippen LogP contribution in [0.2, 0.25) is 0 Å². The second-order valence-electron chi connectivity index (χ2n) is 7.27. The summed E-state index contributed by atoms with van der Waals surface area (Å²) in [6, 6.07) is 3.34. The summed E-state index contributed by atoms with van der Waals surface area (Å²) < 4.78 is 15.7. The zero-order valence-electron chi connectivity index (χ0n) is 17.4. The van der Waals surface area contributed by atoms with Crippen molar-refractivity contribution in [2.45, 2.75) is 19.4 Å². The highest BCUT2D eigenvalue weighted by molar-refractivity contribution is 5.96. The summed E-state index contributed by atoms with van der Waals surface area (Å²) in [6.07, 6.45) is 0.764. The molecule has 3 heterocycles. The number of hydrogen-bond acceptors (Lipinski definition) is 7. The van der Waals surface area contributed by atoms with Crippen molar-refractivity contribution in [3.63, 3.8) is 0 Å². The van der Waals surface area contributed by atoms with Crippen molar-refractivity contribution in [2.75, 3.05) is 66.7 Å². The number of methoxy groups -OCH3 is 2. The van der Waals surface area contributed by atoms with E-state index in [4.69, 9.17) is 14.2 Å². The third kappa shape index (κ3) is 5.16. The molecule has 2 amide bonds. The minimum Gasteiger partial charge on any atom is -0.481 e. The highest BCUT2D eigenvalue weighted by atomic mass is 16.5. The number of pyridine rings is 1. The molecule has 0 saturated carbocycles. The van der Waals surface area contributed by atoms with Crippen LogP contribution < -0.4 is 9.47 Å². The fourth-order valence-corrected chi connectivity index (χ4v) is 3.88. The number of amides is 2. The Kier molecular flexibility index (Phi) is 7.27. The Balaban J connectivity index is 1.62. The van der Waals surface area contributed by atoms with E-state index in [1.165, 1.54) is 14.2 Å². The van der Waals surface area contributed by atoms with Gasteiger partial charge in [-0.25, -0.2) is 0 Å². The van der Waals surface area contributed by atoms with E-state index in [-0.39, 0.29) is 23.7 Å². The van der Waals surface area contributed by atoms with Crippen LogP contribution in [0.1, 0.15) is 23.7 Å². The van der Waals surface area contributed by atoms with Gasteiger partial charge in [-0.3, -0.25) is 14.5 Å². The van der Waals surface area contributed by atoms with Crippen LogP contribution in [0, 0.1) is 0 Å². The number of morpholine rings is 1. The summed E-state index contributed by atoms with van der Waals surface area (Å²) in [6.45, 7) is 7.46. The van der Waals surface area contributed by atoms with Gasteiger partial charge in [0.1, 0.15) is 5.56 Å². The molecule has 3 rings (SSSR count). The average molecular weight is 406 g/mol. The Morgan fingerprint density at radius 2 is 1.97 bits per heavy atom. The van der Waals surface area contributed by atoms with Gasteiger partial charge in [0.2, 0.25) is 17.7 Å². The van der Waals surface area contributed by atoms with E-state index in [9.17, 15) is 9.59 Å². The van der Waals surface area contributed by atoms with Crippen molar-refractivity contribution in [1.82, 2.24) is 19.7 Å². The van der Waals surface area contributed by atoms with Crippen LogP contribution in [-0.4, -0.2) is 104 Å². The van der Waals surface area contributed by atoms with Crippen molar-refractivity contribution in [2.24, 2.45) is 0 Å². The first-order chi connectivity index (χ1) is 14.0. The normalized spacial score (nSPS) is 19.8. The predicted octanol–water partition coefficient (Wildman–Crippen LogP) is 0.494. The minimum absolute atomic E-state index is 0.0229. The number of nitrogens with zero attached hydrogens (tertiary/aromatic N) is 4. The summed E-state index contributed by atoms with van der Waals surface area (Å²) in [5.41, 5.74) is 0.400. The van der Waals surface area contributed by atoms with E-state index in [0.717, 1.165) is 39.3 Å². The van der Waals surface area contributed by atoms with Crippen molar-refractivity contribution >= 4 is 11.8 Å². The van der Waals surface area contributed by atoms with Gasteiger partial charge in [-0.05, 0) is 12.5 Å². The van der Waals surface area contributed by atoms with E-state index in [1.54, 1.807) is 24.0 Å². The number of aromatic nitrogens is 1. The van der Waals surface area contributed by atoms with Crippen LogP contribution in [0.25, 0.3) is 0 Å². The number of hydrogen-bond donors (Lipinski definition) is 0. The fourth-order valence-electron chi connectivity index (χ4n) is 3.88. The Morgan fingerprint density at radius 3 is 2.62 bits per heavy atom. The lowest BCUT2D eigenvalue weighted by atomic mass is 10.2. The molecule has 0 N–H and O–H groups in total. The quantitative estimate of drug-likeness (QED) is 0.652. The number of likely N-dealkylation sites (tertiary alicyclic amines) is 1. The molecule has 1 atom stereocenters. The van der Waals surface area contributed by atoms with Crippen molar-refractivity contribution in [3.05, 3.63) is 17.7 Å². The Labute approximate surface area is 171 Å². The van der Waals surface area contributed by atoms with Crippen LogP contribution in [0.5, 0.6) is 11.8 Å².